The Morgan fingerprint density at radius 3 is 2.85 bits per heavy atom. The molecule has 0 spiro atoms. The van der Waals surface area contributed by atoms with E-state index in [4.69, 9.17) is 25.2 Å². The van der Waals surface area contributed by atoms with Crippen LogP contribution in [0.4, 0.5) is 0 Å². The Morgan fingerprint density at radius 1 is 1.30 bits per heavy atom. The third-order valence-corrected chi connectivity index (χ3v) is 5.68. The highest BCUT2D eigenvalue weighted by Crippen LogP contribution is 2.31. The third kappa shape index (κ3) is 3.87. The minimum Gasteiger partial charge on any atom is -0.396 e. The van der Waals surface area contributed by atoms with Gasteiger partial charge >= 0.3 is 0 Å². The second-order valence-corrected chi connectivity index (χ2v) is 7.48. The number of ether oxygens (including phenoxy) is 1. The molecule has 2 fully saturated rings. The Balaban J connectivity index is 1.56. The molecule has 0 bridgehead atoms. The quantitative estimate of drug-likeness (QED) is 0.684. The molecule has 0 atom stereocenters. The molecule has 0 unspecified atom stereocenters. The van der Waals surface area contributed by atoms with Crippen molar-refractivity contribution in [1.29, 1.82) is 5.41 Å². The first-order valence-corrected chi connectivity index (χ1v) is 9.70. The molecule has 6 heteroatoms. The van der Waals surface area contributed by atoms with Crippen molar-refractivity contribution in [3.63, 3.8) is 0 Å². The van der Waals surface area contributed by atoms with Crippen molar-refractivity contribution in [1.82, 2.24) is 15.3 Å². The average molecular weight is 366 g/mol. The molecule has 1 aromatic carbocycles. The van der Waals surface area contributed by atoms with Crippen molar-refractivity contribution in [2.45, 2.75) is 37.6 Å². The van der Waals surface area contributed by atoms with E-state index in [1.165, 1.54) is 11.8 Å². The van der Waals surface area contributed by atoms with Crippen LogP contribution in [-0.4, -0.2) is 47.2 Å². The number of aromatic nitrogens is 2. The lowest BCUT2D eigenvalue weighted by molar-refractivity contribution is 0.0856. The summed E-state index contributed by atoms with van der Waals surface area (Å²) in [5, 5.41) is 20.2. The Morgan fingerprint density at radius 2 is 2.11 bits per heavy atom. The monoisotopic (exact) mass is 366 g/mol. The zero-order chi connectivity index (χ0) is 18.6. The summed E-state index contributed by atoms with van der Waals surface area (Å²) in [6.07, 6.45) is 8.91. The summed E-state index contributed by atoms with van der Waals surface area (Å²) in [7, 11) is 0. The van der Waals surface area contributed by atoms with Crippen LogP contribution in [0.2, 0.25) is 0 Å². The van der Waals surface area contributed by atoms with Crippen LogP contribution in [-0.2, 0) is 4.74 Å². The number of hydrogen-bond acceptors (Lipinski definition) is 6. The molecule has 0 radical (unpaired) electrons. The van der Waals surface area contributed by atoms with E-state index in [0.717, 1.165) is 49.9 Å². The van der Waals surface area contributed by atoms with Gasteiger partial charge in [0.2, 0.25) is 0 Å². The van der Waals surface area contributed by atoms with E-state index < -0.39 is 0 Å². The largest absolute Gasteiger partial charge is 0.396 e. The Kier molecular flexibility index (Phi) is 5.45. The predicted molar refractivity (Wildman–Crippen MR) is 106 cm³/mol. The Bertz CT molecular complexity index is 839. The summed E-state index contributed by atoms with van der Waals surface area (Å²) >= 11 is 0. The Hall–Kier alpha value is -2.31. The fraction of sp³-hybridized carbons (Fsp3) is 0.476. The standard InChI is InChI=1S/C21H26N4O2/c22-10-16(11-23-17-8-14(9-17)13-26)20-12-24-21-18(2-1-3-19(21)25-20)15-4-6-27-7-5-15/h1-3,10-12,14-15,17,22-23,26H,4-9,13H2/b16-11+,22-10?. The molecule has 1 saturated heterocycles. The molecular weight excluding hydrogens is 340 g/mol. The molecule has 3 N–H and O–H groups in total. The lowest BCUT2D eigenvalue weighted by Crippen LogP contribution is -2.40. The number of aliphatic hydroxyl groups is 1. The van der Waals surface area contributed by atoms with Gasteiger partial charge in [-0.25, -0.2) is 4.98 Å². The van der Waals surface area contributed by atoms with Crippen LogP contribution in [0.25, 0.3) is 16.6 Å². The molecule has 1 aliphatic heterocycles. The zero-order valence-electron chi connectivity index (χ0n) is 15.4. The summed E-state index contributed by atoms with van der Waals surface area (Å²) in [4.78, 5) is 9.46. The molecule has 142 valence electrons. The van der Waals surface area contributed by atoms with Gasteiger partial charge < -0.3 is 20.6 Å². The van der Waals surface area contributed by atoms with Crippen LogP contribution < -0.4 is 5.32 Å². The Labute approximate surface area is 159 Å². The minimum absolute atomic E-state index is 0.255. The molecular formula is C21H26N4O2. The van der Waals surface area contributed by atoms with Crippen molar-refractivity contribution < 1.29 is 9.84 Å². The molecule has 2 heterocycles. The number of nitrogens with zero attached hydrogens (tertiary/aromatic N) is 2. The number of nitrogens with one attached hydrogen (secondary N) is 2. The van der Waals surface area contributed by atoms with Gasteiger partial charge in [0.05, 0.1) is 22.9 Å². The van der Waals surface area contributed by atoms with Gasteiger partial charge in [-0.3, -0.25) is 4.98 Å². The van der Waals surface area contributed by atoms with Crippen molar-refractivity contribution in [2.75, 3.05) is 19.8 Å². The highest BCUT2D eigenvalue weighted by molar-refractivity contribution is 6.07. The van der Waals surface area contributed by atoms with Crippen molar-refractivity contribution >= 4 is 22.8 Å². The maximum atomic E-state index is 9.12. The first-order valence-electron chi connectivity index (χ1n) is 9.70. The van der Waals surface area contributed by atoms with Crippen LogP contribution in [0, 0.1) is 11.3 Å². The van der Waals surface area contributed by atoms with Crippen molar-refractivity contribution in [2.24, 2.45) is 5.92 Å². The maximum Gasteiger partial charge on any atom is 0.0922 e. The second-order valence-electron chi connectivity index (χ2n) is 7.48. The molecule has 1 saturated carbocycles. The number of fused-ring (bicyclic) bond motifs is 1. The highest BCUT2D eigenvalue weighted by Gasteiger charge is 2.27. The lowest BCUT2D eigenvalue weighted by Gasteiger charge is -2.34. The molecule has 2 aromatic rings. The third-order valence-electron chi connectivity index (χ3n) is 5.68. The predicted octanol–water partition coefficient (Wildman–Crippen LogP) is 2.87. The van der Waals surface area contributed by atoms with E-state index in [2.05, 4.69) is 11.4 Å². The van der Waals surface area contributed by atoms with Gasteiger partial charge in [-0.15, -0.1) is 0 Å². The van der Waals surface area contributed by atoms with E-state index in [9.17, 15) is 0 Å². The topological polar surface area (TPSA) is 91.1 Å². The zero-order valence-corrected chi connectivity index (χ0v) is 15.4. The van der Waals surface area contributed by atoms with Gasteiger partial charge in [-0.1, -0.05) is 12.1 Å². The molecule has 6 nitrogen and oxygen atoms in total. The van der Waals surface area contributed by atoms with E-state index in [0.29, 0.717) is 29.1 Å². The van der Waals surface area contributed by atoms with Crippen LogP contribution in [0.15, 0.2) is 30.6 Å². The molecule has 2 aliphatic rings. The first kappa shape index (κ1) is 18.1. The van der Waals surface area contributed by atoms with Crippen molar-refractivity contribution in [3.05, 3.63) is 41.9 Å². The smallest absolute Gasteiger partial charge is 0.0922 e. The number of hydrogen-bond donors (Lipinski definition) is 3. The van der Waals surface area contributed by atoms with Gasteiger partial charge in [-0.05, 0) is 49.1 Å². The molecule has 1 aromatic heterocycles. The number of aliphatic hydroxyl groups excluding tert-OH is 1. The lowest BCUT2D eigenvalue weighted by atomic mass is 9.81. The van der Waals surface area contributed by atoms with E-state index in [1.54, 1.807) is 6.20 Å². The molecule has 27 heavy (non-hydrogen) atoms. The summed E-state index contributed by atoms with van der Waals surface area (Å²) in [5.41, 5.74) is 4.49. The second kappa shape index (κ2) is 8.15. The summed E-state index contributed by atoms with van der Waals surface area (Å²) in [6, 6.07) is 6.55. The number of para-hydroxylation sites is 1. The van der Waals surface area contributed by atoms with Gasteiger partial charge in [0.1, 0.15) is 0 Å². The normalized spacial score (nSPS) is 23.8. The van der Waals surface area contributed by atoms with Crippen molar-refractivity contribution in [3.8, 4) is 0 Å². The molecule has 0 amide bonds. The molecule has 4 rings (SSSR count). The van der Waals surface area contributed by atoms with Gasteiger partial charge in [0, 0.05) is 43.9 Å². The number of benzene rings is 1. The first-order chi connectivity index (χ1) is 13.3. The number of rotatable bonds is 6. The summed E-state index contributed by atoms with van der Waals surface area (Å²) in [6.45, 7) is 1.86. The van der Waals surface area contributed by atoms with Gasteiger partial charge in [0.25, 0.3) is 0 Å². The van der Waals surface area contributed by atoms with Gasteiger partial charge in [0.15, 0.2) is 0 Å². The summed E-state index contributed by atoms with van der Waals surface area (Å²) in [5.74, 6) is 0.878. The van der Waals surface area contributed by atoms with E-state index >= 15 is 0 Å². The van der Waals surface area contributed by atoms with Gasteiger partial charge in [-0.2, -0.15) is 0 Å². The summed E-state index contributed by atoms with van der Waals surface area (Å²) < 4.78 is 5.48. The average Bonchev–Trinajstić information content (AvgIpc) is 2.69. The van der Waals surface area contributed by atoms with E-state index in [-0.39, 0.29) is 6.61 Å². The minimum atomic E-state index is 0.255. The fourth-order valence-corrected chi connectivity index (χ4v) is 3.96. The van der Waals surface area contributed by atoms with Crippen LogP contribution in [0.1, 0.15) is 42.9 Å². The van der Waals surface area contributed by atoms with Crippen LogP contribution in [0.5, 0.6) is 0 Å². The SMILES string of the molecule is N=C/C(=C\NC1CC(CO)C1)c1cnc2c(C3CCOCC3)cccc2n1. The molecule has 1 aliphatic carbocycles. The number of allylic oxidation sites excluding steroid dienone is 1. The highest BCUT2D eigenvalue weighted by atomic mass is 16.5. The van der Waals surface area contributed by atoms with Crippen LogP contribution in [0.3, 0.4) is 0 Å². The maximum absolute atomic E-state index is 9.12. The fourth-order valence-electron chi connectivity index (χ4n) is 3.96. The van der Waals surface area contributed by atoms with E-state index in [1.807, 2.05) is 18.3 Å². The van der Waals surface area contributed by atoms with Crippen LogP contribution >= 0.6 is 0 Å².